The molecule has 1 heterocycles. The molecule has 0 saturated carbocycles. The third kappa shape index (κ3) is 40.0. The van der Waals surface area contributed by atoms with Gasteiger partial charge in [-0.1, -0.05) is 210 Å². The lowest BCUT2D eigenvalue weighted by Gasteiger charge is -2.40. The molecule has 11 nitrogen and oxygen atoms in total. The summed E-state index contributed by atoms with van der Waals surface area (Å²) in [5, 5.41) is 54.2. The molecule has 11 heteroatoms. The highest BCUT2D eigenvalue weighted by atomic mass is 16.7. The molecular weight excluding hydrogens is 907 g/mol. The van der Waals surface area contributed by atoms with E-state index in [1.165, 1.54) is 141 Å². The highest BCUT2D eigenvalue weighted by Gasteiger charge is 2.44. The van der Waals surface area contributed by atoms with E-state index in [0.717, 1.165) is 96.3 Å². The predicted octanol–water partition coefficient (Wildman–Crippen LogP) is 13.7. The van der Waals surface area contributed by atoms with Gasteiger partial charge in [-0.2, -0.15) is 0 Å². The van der Waals surface area contributed by atoms with E-state index >= 15 is 0 Å². The number of aliphatic hydroxyl groups is 5. The van der Waals surface area contributed by atoms with Crippen LogP contribution in [0.5, 0.6) is 0 Å². The first kappa shape index (κ1) is 67.6. The fraction of sp³-hybridized carbons (Fsp3) is 0.836. The minimum Gasteiger partial charge on any atom is -0.466 e. The standard InChI is InChI=1S/C61H111NO10/c1-3-5-7-9-11-13-14-15-16-19-23-26-29-33-37-41-45-49-57(66)70-50-46-42-38-34-30-27-24-21-18-17-20-22-25-28-32-36-40-44-48-56(65)62-53(54(64)47-43-39-35-31-12-10-8-6-4-2)52-71-61-60(69)59(68)58(67)55(51-63)72-61/h11,13,15-16,20,22,43,47,53-55,58-61,63-64,67-69H,3-10,12,14,17-19,21,23-42,44-46,48-52H2,1-2H3,(H,62,65)/b13-11-,16-15-,22-20-,47-43+. The summed E-state index contributed by atoms with van der Waals surface area (Å²) in [4.78, 5) is 25.1. The van der Waals surface area contributed by atoms with Crippen LogP contribution in [0, 0.1) is 0 Å². The summed E-state index contributed by atoms with van der Waals surface area (Å²) < 4.78 is 16.7. The summed E-state index contributed by atoms with van der Waals surface area (Å²) in [7, 11) is 0. The first-order valence-electron chi connectivity index (χ1n) is 29.9. The molecular formula is C61H111NO10. The van der Waals surface area contributed by atoms with Crippen molar-refractivity contribution in [2.45, 2.75) is 307 Å². The molecule has 0 aromatic rings. The lowest BCUT2D eigenvalue weighted by molar-refractivity contribution is -0.302. The minimum absolute atomic E-state index is 0.0212. The first-order valence-corrected chi connectivity index (χ1v) is 29.9. The van der Waals surface area contributed by atoms with Gasteiger partial charge in [0.1, 0.15) is 24.4 Å². The molecule has 0 aromatic heterocycles. The van der Waals surface area contributed by atoms with Crippen molar-refractivity contribution in [3.05, 3.63) is 48.6 Å². The second kappa shape index (κ2) is 50.8. The van der Waals surface area contributed by atoms with Gasteiger partial charge in [-0.25, -0.2) is 0 Å². The van der Waals surface area contributed by atoms with Crippen LogP contribution in [0.25, 0.3) is 0 Å². The Hall–Kier alpha value is -2.38. The van der Waals surface area contributed by atoms with E-state index in [1.807, 2.05) is 6.08 Å². The number of aliphatic hydroxyl groups excluding tert-OH is 5. The molecule has 0 bridgehead atoms. The number of ether oxygens (including phenoxy) is 3. The van der Waals surface area contributed by atoms with Gasteiger partial charge < -0.3 is 45.1 Å². The van der Waals surface area contributed by atoms with Crippen LogP contribution in [0.3, 0.4) is 0 Å². The predicted molar refractivity (Wildman–Crippen MR) is 297 cm³/mol. The van der Waals surface area contributed by atoms with Crippen LogP contribution in [0.2, 0.25) is 0 Å². The number of esters is 1. The SMILES string of the molecule is CCCCC/C=C\C/C=C\CCCCCCCCCC(=O)OCCCCCCCCCCC/C=C\CCCCCCCC(=O)NC(COC1OC(CO)C(O)C(O)C1O)C(O)/C=C/CCCCCCCCC. The maximum atomic E-state index is 13.0. The molecule has 1 amide bonds. The van der Waals surface area contributed by atoms with Crippen LogP contribution in [0.15, 0.2) is 48.6 Å². The summed E-state index contributed by atoms with van der Waals surface area (Å²) >= 11 is 0. The van der Waals surface area contributed by atoms with Crippen molar-refractivity contribution in [3.8, 4) is 0 Å². The normalized spacial score (nSPS) is 19.3. The average molecular weight is 1020 g/mol. The number of hydrogen-bond donors (Lipinski definition) is 6. The molecule has 0 spiro atoms. The van der Waals surface area contributed by atoms with Gasteiger partial charge in [-0.15, -0.1) is 0 Å². The van der Waals surface area contributed by atoms with Gasteiger partial charge in [-0.05, 0) is 89.9 Å². The van der Waals surface area contributed by atoms with Crippen LogP contribution in [0.4, 0.5) is 0 Å². The molecule has 1 fully saturated rings. The molecule has 1 aliphatic heterocycles. The summed E-state index contributed by atoms with van der Waals surface area (Å²) in [5.74, 6) is -0.220. The highest BCUT2D eigenvalue weighted by Crippen LogP contribution is 2.23. The maximum Gasteiger partial charge on any atom is 0.305 e. The van der Waals surface area contributed by atoms with E-state index < -0.39 is 49.5 Å². The number of allylic oxidation sites excluding steroid dienone is 7. The molecule has 420 valence electrons. The third-order valence-corrected chi connectivity index (χ3v) is 13.9. The Bertz CT molecular complexity index is 1340. The second-order valence-electron chi connectivity index (χ2n) is 20.7. The van der Waals surface area contributed by atoms with Crippen molar-refractivity contribution in [1.29, 1.82) is 0 Å². The quantitative estimate of drug-likeness (QED) is 0.0195. The van der Waals surface area contributed by atoms with Crippen molar-refractivity contribution in [2.75, 3.05) is 19.8 Å². The lowest BCUT2D eigenvalue weighted by atomic mass is 9.99. The Morgan fingerprint density at radius 2 is 0.931 bits per heavy atom. The van der Waals surface area contributed by atoms with Crippen LogP contribution < -0.4 is 5.32 Å². The summed E-state index contributed by atoms with van der Waals surface area (Å²) in [6.45, 7) is 4.26. The largest absolute Gasteiger partial charge is 0.466 e. The number of nitrogens with one attached hydrogen (secondary N) is 1. The van der Waals surface area contributed by atoms with Gasteiger partial charge in [0.15, 0.2) is 6.29 Å². The number of amides is 1. The number of rotatable bonds is 51. The zero-order valence-electron chi connectivity index (χ0n) is 46.1. The van der Waals surface area contributed by atoms with Gasteiger partial charge in [0.25, 0.3) is 0 Å². The van der Waals surface area contributed by atoms with E-state index in [2.05, 4.69) is 55.6 Å². The fourth-order valence-electron chi connectivity index (χ4n) is 9.11. The van der Waals surface area contributed by atoms with E-state index in [-0.39, 0.29) is 18.5 Å². The van der Waals surface area contributed by atoms with E-state index in [1.54, 1.807) is 6.08 Å². The van der Waals surface area contributed by atoms with Crippen molar-refractivity contribution in [3.63, 3.8) is 0 Å². The Balaban J connectivity index is 2.03. The zero-order chi connectivity index (χ0) is 52.4. The molecule has 0 radical (unpaired) electrons. The van der Waals surface area contributed by atoms with Crippen LogP contribution in [-0.2, 0) is 23.8 Å². The molecule has 6 N–H and O–H groups in total. The Morgan fingerprint density at radius 3 is 1.44 bits per heavy atom. The number of unbranched alkanes of at least 4 members (excludes halogenated alkanes) is 31. The number of carbonyl (C=O) groups is 2. The summed E-state index contributed by atoms with van der Waals surface area (Å²) in [6.07, 6.45) is 53.5. The molecule has 1 saturated heterocycles. The van der Waals surface area contributed by atoms with Crippen molar-refractivity contribution < 1.29 is 49.3 Å². The van der Waals surface area contributed by atoms with Crippen molar-refractivity contribution >= 4 is 11.9 Å². The molecule has 72 heavy (non-hydrogen) atoms. The smallest absolute Gasteiger partial charge is 0.305 e. The maximum absolute atomic E-state index is 13.0. The van der Waals surface area contributed by atoms with Gasteiger partial charge >= 0.3 is 5.97 Å². The van der Waals surface area contributed by atoms with E-state index in [4.69, 9.17) is 14.2 Å². The van der Waals surface area contributed by atoms with Gasteiger partial charge in [-0.3, -0.25) is 9.59 Å². The third-order valence-electron chi connectivity index (χ3n) is 13.9. The van der Waals surface area contributed by atoms with Gasteiger partial charge in [0.2, 0.25) is 5.91 Å². The topological polar surface area (TPSA) is 175 Å². The summed E-state index contributed by atoms with van der Waals surface area (Å²) in [6, 6.07) is -0.819. The van der Waals surface area contributed by atoms with Crippen LogP contribution in [0.1, 0.15) is 264 Å². The molecule has 7 unspecified atom stereocenters. The second-order valence-corrected chi connectivity index (χ2v) is 20.7. The van der Waals surface area contributed by atoms with Crippen LogP contribution >= 0.6 is 0 Å². The molecule has 0 aliphatic carbocycles. The van der Waals surface area contributed by atoms with Crippen LogP contribution in [-0.4, -0.2) is 100 Å². The first-order chi connectivity index (χ1) is 35.2. The van der Waals surface area contributed by atoms with Gasteiger partial charge in [0.05, 0.1) is 32.0 Å². The highest BCUT2D eigenvalue weighted by molar-refractivity contribution is 5.76. The Morgan fingerprint density at radius 1 is 0.514 bits per heavy atom. The Kier molecular flexibility index (Phi) is 47.7. The Labute approximate surface area is 440 Å². The molecule has 1 rings (SSSR count). The van der Waals surface area contributed by atoms with Gasteiger partial charge in [0, 0.05) is 12.8 Å². The average Bonchev–Trinajstić information content (AvgIpc) is 3.38. The molecule has 1 aliphatic rings. The molecule has 7 atom stereocenters. The van der Waals surface area contributed by atoms with E-state index in [9.17, 15) is 35.1 Å². The monoisotopic (exact) mass is 1020 g/mol. The number of hydrogen-bond acceptors (Lipinski definition) is 10. The number of carbonyl (C=O) groups excluding carboxylic acids is 2. The lowest BCUT2D eigenvalue weighted by Crippen LogP contribution is -2.60. The summed E-state index contributed by atoms with van der Waals surface area (Å²) in [5.41, 5.74) is 0. The molecule has 0 aromatic carbocycles. The fourth-order valence-corrected chi connectivity index (χ4v) is 9.11. The van der Waals surface area contributed by atoms with Crippen molar-refractivity contribution in [1.82, 2.24) is 5.32 Å². The minimum atomic E-state index is -1.58. The van der Waals surface area contributed by atoms with E-state index in [0.29, 0.717) is 19.4 Å². The van der Waals surface area contributed by atoms with Crippen molar-refractivity contribution in [2.24, 2.45) is 0 Å². The zero-order valence-corrected chi connectivity index (χ0v) is 46.1.